The summed E-state index contributed by atoms with van der Waals surface area (Å²) in [6.07, 6.45) is 3.03. The molecule has 3 nitrogen and oxygen atoms in total. The largest absolute Gasteiger partial charge is 0.388 e. The van der Waals surface area contributed by atoms with Gasteiger partial charge in [-0.2, -0.15) is 0 Å². The molecule has 114 valence electrons. The average Bonchev–Trinajstić information content (AvgIpc) is 2.54. The van der Waals surface area contributed by atoms with Gasteiger partial charge in [0.1, 0.15) is 0 Å². The van der Waals surface area contributed by atoms with E-state index in [9.17, 15) is 9.90 Å². The van der Waals surface area contributed by atoms with E-state index in [0.29, 0.717) is 18.0 Å². The van der Waals surface area contributed by atoms with Gasteiger partial charge in [-0.3, -0.25) is 4.79 Å². The first-order chi connectivity index (χ1) is 10.6. The summed E-state index contributed by atoms with van der Waals surface area (Å²) in [4.78, 5) is 11.7. The molecule has 2 rings (SSSR count). The number of aliphatic hydroxyl groups excluding tert-OH is 1. The highest BCUT2D eigenvalue weighted by Gasteiger charge is 2.07. The maximum absolute atomic E-state index is 11.7. The Balaban J connectivity index is 1.76. The van der Waals surface area contributed by atoms with Crippen LogP contribution in [0.3, 0.4) is 0 Å². The van der Waals surface area contributed by atoms with Gasteiger partial charge in [-0.05, 0) is 35.8 Å². The molecule has 1 atom stereocenters. The number of halogens is 1. The van der Waals surface area contributed by atoms with Crippen LogP contribution in [0.1, 0.15) is 23.7 Å². The quantitative estimate of drug-likeness (QED) is 0.800. The van der Waals surface area contributed by atoms with E-state index in [4.69, 9.17) is 11.6 Å². The Bertz CT molecular complexity index is 641. The zero-order valence-corrected chi connectivity index (χ0v) is 12.8. The van der Waals surface area contributed by atoms with Gasteiger partial charge in [-0.25, -0.2) is 0 Å². The van der Waals surface area contributed by atoms with Crippen molar-refractivity contribution in [3.05, 3.63) is 76.8 Å². The Morgan fingerprint density at radius 2 is 1.95 bits per heavy atom. The summed E-state index contributed by atoms with van der Waals surface area (Å²) >= 11 is 5.88. The van der Waals surface area contributed by atoms with Gasteiger partial charge in [0, 0.05) is 17.6 Å². The van der Waals surface area contributed by atoms with E-state index >= 15 is 0 Å². The number of hydrogen-bond acceptors (Lipinski definition) is 2. The minimum Gasteiger partial charge on any atom is -0.388 e. The Labute approximate surface area is 135 Å². The highest BCUT2D eigenvalue weighted by Crippen LogP contribution is 2.19. The summed E-state index contributed by atoms with van der Waals surface area (Å²) in [5.74, 6) is -0.179. The molecule has 0 bridgehead atoms. The van der Waals surface area contributed by atoms with Gasteiger partial charge in [-0.1, -0.05) is 54.1 Å². The van der Waals surface area contributed by atoms with E-state index < -0.39 is 6.10 Å². The molecule has 0 radical (unpaired) electrons. The van der Waals surface area contributed by atoms with Crippen LogP contribution in [0.4, 0.5) is 0 Å². The number of hydrogen-bond donors (Lipinski definition) is 2. The van der Waals surface area contributed by atoms with Crippen molar-refractivity contribution in [1.82, 2.24) is 5.32 Å². The van der Waals surface area contributed by atoms with E-state index in [2.05, 4.69) is 5.32 Å². The maximum atomic E-state index is 11.7. The van der Waals surface area contributed by atoms with Gasteiger partial charge >= 0.3 is 0 Å². The molecule has 1 unspecified atom stereocenters. The molecule has 0 saturated carbocycles. The molecule has 0 spiro atoms. The lowest BCUT2D eigenvalue weighted by Gasteiger charge is -2.11. The van der Waals surface area contributed by atoms with Crippen molar-refractivity contribution < 1.29 is 9.90 Å². The minimum atomic E-state index is -0.642. The van der Waals surface area contributed by atoms with Crippen LogP contribution in [0, 0.1) is 0 Å². The van der Waals surface area contributed by atoms with E-state index in [1.807, 2.05) is 36.4 Å². The van der Waals surface area contributed by atoms with Gasteiger partial charge in [-0.15, -0.1) is 0 Å². The number of nitrogens with one attached hydrogen (secondary N) is 1. The smallest absolute Gasteiger partial charge is 0.244 e. The van der Waals surface area contributed by atoms with Gasteiger partial charge in [0.25, 0.3) is 0 Å². The number of benzene rings is 2. The molecule has 2 aromatic rings. The third kappa shape index (κ3) is 5.35. The monoisotopic (exact) mass is 315 g/mol. The minimum absolute atomic E-state index is 0.179. The van der Waals surface area contributed by atoms with Crippen molar-refractivity contribution in [2.24, 2.45) is 0 Å². The van der Waals surface area contributed by atoms with Crippen LogP contribution >= 0.6 is 11.6 Å². The first-order valence-electron chi connectivity index (χ1n) is 7.09. The fourth-order valence-corrected chi connectivity index (χ4v) is 2.21. The summed E-state index contributed by atoms with van der Waals surface area (Å²) in [6.45, 7) is 0.394. The molecule has 0 saturated heterocycles. The van der Waals surface area contributed by atoms with Crippen LogP contribution < -0.4 is 5.32 Å². The molecule has 0 aliphatic heterocycles. The van der Waals surface area contributed by atoms with Crippen LogP contribution in [0.2, 0.25) is 5.02 Å². The summed E-state index contributed by atoms with van der Waals surface area (Å²) in [5, 5.41) is 13.4. The second-order valence-electron chi connectivity index (χ2n) is 4.89. The third-order valence-electron chi connectivity index (χ3n) is 3.18. The molecular weight excluding hydrogens is 298 g/mol. The molecule has 4 heteroatoms. The van der Waals surface area contributed by atoms with E-state index in [1.54, 1.807) is 24.3 Å². The van der Waals surface area contributed by atoms with Crippen molar-refractivity contribution in [3.63, 3.8) is 0 Å². The summed E-state index contributed by atoms with van der Waals surface area (Å²) in [6, 6.07) is 16.7. The number of carbonyl (C=O) groups is 1. The van der Waals surface area contributed by atoms with Crippen LogP contribution in [-0.4, -0.2) is 17.6 Å². The van der Waals surface area contributed by atoms with E-state index in [-0.39, 0.29) is 5.91 Å². The molecule has 2 aromatic carbocycles. The van der Waals surface area contributed by atoms with E-state index in [1.165, 1.54) is 6.08 Å². The molecule has 0 aliphatic carbocycles. The van der Waals surface area contributed by atoms with Crippen LogP contribution in [-0.2, 0) is 4.79 Å². The lowest BCUT2D eigenvalue weighted by molar-refractivity contribution is -0.116. The molecule has 1 amide bonds. The highest BCUT2D eigenvalue weighted by atomic mass is 35.5. The summed E-state index contributed by atoms with van der Waals surface area (Å²) < 4.78 is 0. The van der Waals surface area contributed by atoms with Gasteiger partial charge in [0.05, 0.1) is 6.10 Å². The van der Waals surface area contributed by atoms with Crippen molar-refractivity contribution in [3.8, 4) is 0 Å². The lowest BCUT2D eigenvalue weighted by Crippen LogP contribution is -2.23. The van der Waals surface area contributed by atoms with Gasteiger partial charge in [0.2, 0.25) is 5.91 Å². The Morgan fingerprint density at radius 1 is 1.18 bits per heavy atom. The second kappa shape index (κ2) is 8.37. The zero-order chi connectivity index (χ0) is 15.8. The van der Waals surface area contributed by atoms with Crippen molar-refractivity contribution in [1.29, 1.82) is 0 Å². The molecule has 0 aromatic heterocycles. The van der Waals surface area contributed by atoms with Crippen LogP contribution in [0.25, 0.3) is 6.08 Å². The number of carbonyl (C=O) groups excluding carboxylic acids is 1. The topological polar surface area (TPSA) is 49.3 Å². The van der Waals surface area contributed by atoms with Gasteiger partial charge < -0.3 is 10.4 Å². The zero-order valence-electron chi connectivity index (χ0n) is 12.1. The van der Waals surface area contributed by atoms with E-state index in [0.717, 1.165) is 11.1 Å². The summed E-state index contributed by atoms with van der Waals surface area (Å²) in [7, 11) is 0. The normalized spacial score (nSPS) is 12.3. The first-order valence-corrected chi connectivity index (χ1v) is 7.47. The maximum Gasteiger partial charge on any atom is 0.244 e. The standard InChI is InChI=1S/C18H18ClNO2/c19-16-8-4-7-15(13-16)17(21)11-12-20-18(22)10-9-14-5-2-1-3-6-14/h1-10,13,17,21H,11-12H2,(H,20,22)/b10-9+. The Kier molecular flexibility index (Phi) is 6.19. The molecule has 2 N–H and O–H groups in total. The van der Waals surface area contributed by atoms with Crippen molar-refractivity contribution in [2.75, 3.05) is 6.54 Å². The van der Waals surface area contributed by atoms with Gasteiger partial charge in [0.15, 0.2) is 0 Å². The van der Waals surface area contributed by atoms with Crippen LogP contribution in [0.15, 0.2) is 60.7 Å². The first kappa shape index (κ1) is 16.3. The fourth-order valence-electron chi connectivity index (χ4n) is 2.01. The predicted octanol–water partition coefficient (Wildman–Crippen LogP) is 3.59. The molecule has 0 heterocycles. The molecule has 0 fully saturated rings. The average molecular weight is 316 g/mol. The molecule has 22 heavy (non-hydrogen) atoms. The number of aliphatic hydroxyl groups is 1. The SMILES string of the molecule is O=C(/C=C/c1ccccc1)NCCC(O)c1cccc(Cl)c1. The second-order valence-corrected chi connectivity index (χ2v) is 5.33. The number of rotatable bonds is 6. The van der Waals surface area contributed by atoms with Crippen molar-refractivity contribution >= 4 is 23.6 Å². The number of amides is 1. The third-order valence-corrected chi connectivity index (χ3v) is 3.41. The molecule has 0 aliphatic rings. The Hall–Kier alpha value is -2.10. The van der Waals surface area contributed by atoms with Crippen molar-refractivity contribution in [2.45, 2.75) is 12.5 Å². The Morgan fingerprint density at radius 3 is 2.68 bits per heavy atom. The van der Waals surface area contributed by atoms with Crippen LogP contribution in [0.5, 0.6) is 0 Å². The summed E-state index contributed by atoms with van der Waals surface area (Å²) in [5.41, 5.74) is 1.72. The fraction of sp³-hybridized carbons (Fsp3) is 0.167. The lowest BCUT2D eigenvalue weighted by atomic mass is 10.1. The molecular formula is C18H18ClNO2. The predicted molar refractivity (Wildman–Crippen MR) is 89.5 cm³/mol. The highest BCUT2D eigenvalue weighted by molar-refractivity contribution is 6.30.